The Morgan fingerprint density at radius 2 is 1.92 bits per heavy atom. The van der Waals surface area contributed by atoms with Crippen molar-refractivity contribution in [3.63, 3.8) is 0 Å². The maximum Gasteiger partial charge on any atom is 0.339 e. The van der Waals surface area contributed by atoms with E-state index in [9.17, 15) is 9.59 Å². The highest BCUT2D eigenvalue weighted by molar-refractivity contribution is 8.03. The first-order valence-corrected chi connectivity index (χ1v) is 9.99. The van der Waals surface area contributed by atoms with Crippen molar-refractivity contribution in [2.45, 2.75) is 22.0 Å². The van der Waals surface area contributed by atoms with Crippen molar-refractivity contribution in [2.24, 2.45) is 0 Å². The number of amides is 1. The van der Waals surface area contributed by atoms with Gasteiger partial charge in [-0.15, -0.1) is 10.2 Å². The summed E-state index contributed by atoms with van der Waals surface area (Å²) in [4.78, 5) is 23.8. The van der Waals surface area contributed by atoms with Crippen LogP contribution in [0.25, 0.3) is 0 Å². The van der Waals surface area contributed by atoms with E-state index in [1.807, 2.05) is 0 Å². The molecular formula is C15H17N3O3S3. The molecule has 0 radical (unpaired) electrons. The van der Waals surface area contributed by atoms with Gasteiger partial charge in [0.15, 0.2) is 8.68 Å². The minimum atomic E-state index is -0.486. The molecule has 0 aliphatic heterocycles. The zero-order valence-corrected chi connectivity index (χ0v) is 15.7. The van der Waals surface area contributed by atoms with Gasteiger partial charge >= 0.3 is 5.97 Å². The van der Waals surface area contributed by atoms with Crippen LogP contribution in [-0.4, -0.2) is 40.7 Å². The van der Waals surface area contributed by atoms with E-state index < -0.39 is 5.97 Å². The number of para-hydroxylation sites is 1. The number of carbonyl (C=O) groups is 2. The lowest BCUT2D eigenvalue weighted by atomic mass is 10.2. The van der Waals surface area contributed by atoms with Crippen molar-refractivity contribution >= 4 is 52.4 Å². The van der Waals surface area contributed by atoms with E-state index in [4.69, 9.17) is 4.74 Å². The highest BCUT2D eigenvalue weighted by atomic mass is 32.2. The second-order valence-electron chi connectivity index (χ2n) is 4.56. The number of carbonyl (C=O) groups excluding carboxylic acids is 2. The number of nitrogens with zero attached hydrogens (tertiary/aromatic N) is 2. The van der Waals surface area contributed by atoms with Gasteiger partial charge in [0, 0.05) is 5.75 Å². The molecule has 0 atom stereocenters. The van der Waals surface area contributed by atoms with Gasteiger partial charge in [0.05, 0.1) is 24.1 Å². The zero-order chi connectivity index (χ0) is 17.4. The van der Waals surface area contributed by atoms with E-state index in [1.54, 1.807) is 36.0 Å². The standard InChI is InChI=1S/C15H17N3O3S3/c1-3-8-22-14-17-18-15(24-14)23-9-12(19)16-11-7-5-4-6-10(11)13(20)21-2/h4-7H,3,8-9H2,1-2H3,(H,16,19). The molecule has 24 heavy (non-hydrogen) atoms. The molecule has 0 fully saturated rings. The SMILES string of the molecule is CCCSc1nnc(SCC(=O)Nc2ccccc2C(=O)OC)s1. The average molecular weight is 384 g/mol. The molecule has 128 valence electrons. The normalized spacial score (nSPS) is 10.4. The Kier molecular flexibility index (Phi) is 7.54. The monoisotopic (exact) mass is 383 g/mol. The number of ether oxygens (including phenoxy) is 1. The van der Waals surface area contributed by atoms with Gasteiger partial charge < -0.3 is 10.1 Å². The van der Waals surface area contributed by atoms with Gasteiger partial charge in [-0.05, 0) is 18.6 Å². The third-order valence-corrected chi connectivity index (χ3v) is 6.15. The Balaban J connectivity index is 1.90. The third-order valence-electron chi connectivity index (χ3n) is 2.75. The summed E-state index contributed by atoms with van der Waals surface area (Å²) in [7, 11) is 1.31. The first-order chi connectivity index (χ1) is 11.6. The fourth-order valence-corrected chi connectivity index (χ4v) is 4.44. The Morgan fingerprint density at radius 3 is 2.62 bits per heavy atom. The van der Waals surface area contributed by atoms with E-state index >= 15 is 0 Å². The van der Waals surface area contributed by atoms with Crippen molar-refractivity contribution in [1.82, 2.24) is 10.2 Å². The molecule has 1 aromatic carbocycles. The van der Waals surface area contributed by atoms with Crippen molar-refractivity contribution in [1.29, 1.82) is 0 Å². The zero-order valence-electron chi connectivity index (χ0n) is 13.3. The van der Waals surface area contributed by atoms with Crippen molar-refractivity contribution in [3.05, 3.63) is 29.8 Å². The fraction of sp³-hybridized carbons (Fsp3) is 0.333. The minimum Gasteiger partial charge on any atom is -0.465 e. The highest BCUT2D eigenvalue weighted by Crippen LogP contribution is 2.29. The van der Waals surface area contributed by atoms with Gasteiger partial charge in [0.1, 0.15) is 0 Å². The maximum absolute atomic E-state index is 12.1. The number of hydrogen-bond acceptors (Lipinski definition) is 8. The predicted octanol–water partition coefficient (Wildman–Crippen LogP) is 3.56. The molecule has 9 heteroatoms. The molecule has 1 N–H and O–H groups in total. The van der Waals surface area contributed by atoms with E-state index in [0.717, 1.165) is 20.9 Å². The Morgan fingerprint density at radius 1 is 1.21 bits per heavy atom. The topological polar surface area (TPSA) is 81.2 Å². The molecule has 0 aliphatic rings. The summed E-state index contributed by atoms with van der Waals surface area (Å²) >= 11 is 4.47. The molecule has 0 unspecified atom stereocenters. The highest BCUT2D eigenvalue weighted by Gasteiger charge is 2.14. The van der Waals surface area contributed by atoms with E-state index in [-0.39, 0.29) is 11.7 Å². The second kappa shape index (κ2) is 9.65. The molecule has 1 heterocycles. The summed E-state index contributed by atoms with van der Waals surface area (Å²) in [5.74, 6) is 0.502. The van der Waals surface area contributed by atoms with Crippen LogP contribution >= 0.6 is 34.9 Å². The molecule has 1 aromatic heterocycles. The first kappa shape index (κ1) is 18.8. The van der Waals surface area contributed by atoms with E-state index in [2.05, 4.69) is 22.4 Å². The van der Waals surface area contributed by atoms with Crippen molar-refractivity contribution in [3.8, 4) is 0 Å². The van der Waals surface area contributed by atoms with E-state index in [1.165, 1.54) is 30.2 Å². The first-order valence-electron chi connectivity index (χ1n) is 7.20. The van der Waals surface area contributed by atoms with Crippen molar-refractivity contribution < 1.29 is 14.3 Å². The molecule has 1 amide bonds. The summed E-state index contributed by atoms with van der Waals surface area (Å²) in [6.07, 6.45) is 1.08. The van der Waals surface area contributed by atoms with Crippen molar-refractivity contribution in [2.75, 3.05) is 23.9 Å². The van der Waals surface area contributed by atoms with Crippen LogP contribution < -0.4 is 5.32 Å². The second-order valence-corrected chi connectivity index (χ2v) is 8.10. The van der Waals surface area contributed by atoms with Gasteiger partial charge in [0.2, 0.25) is 5.91 Å². The average Bonchev–Trinajstić information content (AvgIpc) is 3.06. The number of anilines is 1. The van der Waals surface area contributed by atoms with Crippen LogP contribution in [0.1, 0.15) is 23.7 Å². The van der Waals surface area contributed by atoms with Crippen LogP contribution in [0.15, 0.2) is 32.9 Å². The lowest BCUT2D eigenvalue weighted by Crippen LogP contribution is -2.17. The number of rotatable bonds is 8. The molecule has 6 nitrogen and oxygen atoms in total. The molecule has 0 saturated heterocycles. The molecule has 0 spiro atoms. The van der Waals surface area contributed by atoms with E-state index in [0.29, 0.717) is 11.3 Å². The van der Waals surface area contributed by atoms with Crippen LogP contribution in [0.4, 0.5) is 5.69 Å². The van der Waals surface area contributed by atoms with Gasteiger partial charge in [-0.2, -0.15) is 0 Å². The predicted molar refractivity (Wildman–Crippen MR) is 98.1 cm³/mol. The van der Waals surface area contributed by atoms with Crippen LogP contribution in [0.3, 0.4) is 0 Å². The number of methoxy groups -OCH3 is 1. The molecule has 0 bridgehead atoms. The number of nitrogens with one attached hydrogen (secondary N) is 1. The summed E-state index contributed by atoms with van der Waals surface area (Å²) in [5, 5.41) is 10.9. The van der Waals surface area contributed by atoms with Gasteiger partial charge in [-0.3, -0.25) is 4.79 Å². The Bertz CT molecular complexity index is 706. The molecular weight excluding hydrogens is 366 g/mol. The van der Waals surface area contributed by atoms with Crippen LogP contribution in [-0.2, 0) is 9.53 Å². The van der Waals surface area contributed by atoms with Crippen LogP contribution in [0, 0.1) is 0 Å². The molecule has 0 saturated carbocycles. The van der Waals surface area contributed by atoms with Gasteiger partial charge in [-0.25, -0.2) is 4.79 Å². The smallest absolute Gasteiger partial charge is 0.339 e. The molecule has 2 rings (SSSR count). The number of esters is 1. The van der Waals surface area contributed by atoms with Crippen LogP contribution in [0.5, 0.6) is 0 Å². The summed E-state index contributed by atoms with van der Waals surface area (Å²) in [6.45, 7) is 2.11. The van der Waals surface area contributed by atoms with Gasteiger partial charge in [-0.1, -0.05) is 53.9 Å². The lowest BCUT2D eigenvalue weighted by molar-refractivity contribution is -0.113. The minimum absolute atomic E-state index is 0.197. The Hall–Kier alpha value is -1.58. The summed E-state index contributed by atoms with van der Waals surface area (Å²) in [6, 6.07) is 6.74. The number of aromatic nitrogens is 2. The quantitative estimate of drug-likeness (QED) is 0.551. The maximum atomic E-state index is 12.1. The number of thioether (sulfide) groups is 2. The fourth-order valence-electron chi connectivity index (χ4n) is 1.70. The number of benzene rings is 1. The van der Waals surface area contributed by atoms with Crippen LogP contribution in [0.2, 0.25) is 0 Å². The number of hydrogen-bond donors (Lipinski definition) is 1. The largest absolute Gasteiger partial charge is 0.465 e. The van der Waals surface area contributed by atoms with Gasteiger partial charge in [0.25, 0.3) is 0 Å². The third kappa shape index (κ3) is 5.50. The summed E-state index contributed by atoms with van der Waals surface area (Å²) in [5.41, 5.74) is 0.763. The lowest BCUT2D eigenvalue weighted by Gasteiger charge is -2.08. The summed E-state index contributed by atoms with van der Waals surface area (Å²) < 4.78 is 6.38. The molecule has 2 aromatic rings. The Labute approximate surface area is 152 Å². The molecule has 0 aliphatic carbocycles.